The van der Waals surface area contributed by atoms with E-state index in [0.29, 0.717) is 18.7 Å². The summed E-state index contributed by atoms with van der Waals surface area (Å²) in [7, 11) is -1.77. The molecule has 6 nitrogen and oxygen atoms in total. The summed E-state index contributed by atoms with van der Waals surface area (Å²) in [5.41, 5.74) is 3.77. The highest BCUT2D eigenvalue weighted by atomic mass is 32.2. The summed E-state index contributed by atoms with van der Waals surface area (Å²) in [6.07, 6.45) is 3.56. The third-order valence-corrected chi connectivity index (χ3v) is 5.99. The van der Waals surface area contributed by atoms with Crippen molar-refractivity contribution >= 4 is 21.6 Å². The monoisotopic (exact) mass is 432 g/mol. The molecule has 0 spiro atoms. The minimum absolute atomic E-state index is 0.0658. The molecule has 0 heterocycles. The van der Waals surface area contributed by atoms with Gasteiger partial charge >= 0.3 is 0 Å². The number of hydrogen-bond donors (Lipinski definition) is 1. The number of nitrogens with zero attached hydrogens (tertiary/aromatic N) is 1. The molecule has 0 fully saturated rings. The van der Waals surface area contributed by atoms with Crippen molar-refractivity contribution in [3.63, 3.8) is 0 Å². The lowest BCUT2D eigenvalue weighted by molar-refractivity contribution is -0.121. The number of anilines is 1. The first-order valence-electron chi connectivity index (χ1n) is 10.2. The van der Waals surface area contributed by atoms with Crippen LogP contribution in [0.5, 0.6) is 5.75 Å². The lowest BCUT2D eigenvalue weighted by Crippen LogP contribution is -2.32. The van der Waals surface area contributed by atoms with Crippen LogP contribution in [0.2, 0.25) is 0 Å². The van der Waals surface area contributed by atoms with E-state index in [1.807, 2.05) is 56.3 Å². The molecule has 0 radical (unpaired) electrons. The van der Waals surface area contributed by atoms with Gasteiger partial charge in [-0.15, -0.1) is 0 Å². The van der Waals surface area contributed by atoms with Crippen LogP contribution >= 0.6 is 0 Å². The predicted octanol–water partition coefficient (Wildman–Crippen LogP) is 3.61. The number of aryl methyl sites for hydroxylation is 3. The summed E-state index contributed by atoms with van der Waals surface area (Å²) in [4.78, 5) is 12.1. The van der Waals surface area contributed by atoms with Gasteiger partial charge in [0.2, 0.25) is 15.9 Å². The van der Waals surface area contributed by atoms with Gasteiger partial charge in [-0.2, -0.15) is 0 Å². The Morgan fingerprint density at radius 3 is 2.37 bits per heavy atom. The lowest BCUT2D eigenvalue weighted by atomic mass is 10.1. The maximum atomic E-state index is 12.2. The summed E-state index contributed by atoms with van der Waals surface area (Å²) in [6, 6.07) is 13.6. The van der Waals surface area contributed by atoms with Gasteiger partial charge in [0.15, 0.2) is 0 Å². The summed E-state index contributed by atoms with van der Waals surface area (Å²) in [5.74, 6) is 0.792. The molecule has 0 aliphatic rings. The van der Waals surface area contributed by atoms with Crippen LogP contribution in [0.25, 0.3) is 0 Å². The first-order chi connectivity index (χ1) is 14.2. The molecule has 2 aromatic carbocycles. The van der Waals surface area contributed by atoms with Crippen molar-refractivity contribution in [1.29, 1.82) is 0 Å². The maximum absolute atomic E-state index is 12.2. The van der Waals surface area contributed by atoms with Crippen LogP contribution in [-0.4, -0.2) is 40.8 Å². The number of sulfonamides is 1. The minimum Gasteiger partial charge on any atom is -0.496 e. The fourth-order valence-electron chi connectivity index (χ4n) is 3.47. The molecule has 1 N–H and O–H groups in total. The second-order valence-corrected chi connectivity index (χ2v) is 9.46. The van der Waals surface area contributed by atoms with Gasteiger partial charge in [0, 0.05) is 19.5 Å². The fourth-order valence-corrected chi connectivity index (χ4v) is 4.42. The number of rotatable bonds is 11. The highest BCUT2D eigenvalue weighted by Gasteiger charge is 2.18. The molecule has 0 saturated carbocycles. The van der Waals surface area contributed by atoms with Gasteiger partial charge in [0.05, 0.1) is 19.1 Å². The van der Waals surface area contributed by atoms with Crippen LogP contribution in [0.4, 0.5) is 5.69 Å². The molecule has 0 aromatic heterocycles. The first kappa shape index (κ1) is 23.7. The molecule has 7 heteroatoms. The molecule has 0 bridgehead atoms. The zero-order valence-electron chi connectivity index (χ0n) is 18.3. The van der Waals surface area contributed by atoms with Crippen LogP contribution < -0.4 is 14.4 Å². The third kappa shape index (κ3) is 7.37. The van der Waals surface area contributed by atoms with E-state index in [1.165, 1.54) is 10.6 Å². The van der Waals surface area contributed by atoms with Gasteiger partial charge in [-0.25, -0.2) is 8.42 Å². The van der Waals surface area contributed by atoms with Crippen molar-refractivity contribution in [2.75, 3.05) is 30.8 Å². The molecule has 0 atom stereocenters. The second kappa shape index (κ2) is 11.0. The molecule has 0 saturated heterocycles. The molecular formula is C23H32N2O4S. The van der Waals surface area contributed by atoms with Crippen LogP contribution in [0, 0.1) is 13.8 Å². The Labute approximate surface area is 180 Å². The van der Waals surface area contributed by atoms with Gasteiger partial charge in [-0.1, -0.05) is 24.3 Å². The van der Waals surface area contributed by atoms with E-state index < -0.39 is 10.0 Å². The standard InChI is InChI=1S/C23H32N2O4S/c1-18-15-19(2)17-21(16-18)25(30(4,27)28)14-8-12-23(26)24-13-7-10-20-9-5-6-11-22(20)29-3/h5-6,9,11,15-17H,7-8,10,12-14H2,1-4H3,(H,24,26). The molecule has 0 unspecified atom stereocenters. The van der Waals surface area contributed by atoms with Crippen molar-refractivity contribution in [3.05, 3.63) is 59.2 Å². The highest BCUT2D eigenvalue weighted by molar-refractivity contribution is 7.92. The van der Waals surface area contributed by atoms with E-state index in [0.717, 1.165) is 35.3 Å². The number of ether oxygens (including phenoxy) is 1. The number of nitrogens with one attached hydrogen (secondary N) is 1. The van der Waals surface area contributed by atoms with Crippen LogP contribution in [-0.2, 0) is 21.2 Å². The van der Waals surface area contributed by atoms with E-state index in [2.05, 4.69) is 5.32 Å². The Balaban J connectivity index is 1.80. The van der Waals surface area contributed by atoms with E-state index in [1.54, 1.807) is 7.11 Å². The number of para-hydroxylation sites is 1. The predicted molar refractivity (Wildman–Crippen MR) is 122 cm³/mol. The van der Waals surface area contributed by atoms with Crippen molar-refractivity contribution in [3.8, 4) is 5.75 Å². The minimum atomic E-state index is -3.42. The molecule has 0 aliphatic heterocycles. The Hall–Kier alpha value is -2.54. The van der Waals surface area contributed by atoms with E-state index in [9.17, 15) is 13.2 Å². The molecule has 2 aromatic rings. The van der Waals surface area contributed by atoms with Crippen LogP contribution in [0.3, 0.4) is 0 Å². The van der Waals surface area contributed by atoms with Crippen LogP contribution in [0.1, 0.15) is 36.0 Å². The zero-order valence-corrected chi connectivity index (χ0v) is 19.1. The Morgan fingerprint density at radius 2 is 1.73 bits per heavy atom. The Bertz CT molecular complexity index is 937. The van der Waals surface area contributed by atoms with Crippen molar-refractivity contribution in [1.82, 2.24) is 5.32 Å². The molecule has 30 heavy (non-hydrogen) atoms. The number of carbonyl (C=O) groups is 1. The average Bonchev–Trinajstić information content (AvgIpc) is 2.67. The van der Waals surface area contributed by atoms with E-state index in [4.69, 9.17) is 4.74 Å². The molecular weight excluding hydrogens is 400 g/mol. The first-order valence-corrected chi connectivity index (χ1v) is 12.0. The van der Waals surface area contributed by atoms with Gasteiger partial charge < -0.3 is 10.1 Å². The summed E-state index contributed by atoms with van der Waals surface area (Å²) in [5, 5.41) is 2.91. The van der Waals surface area contributed by atoms with E-state index in [-0.39, 0.29) is 18.9 Å². The number of amides is 1. The SMILES string of the molecule is COc1ccccc1CCCNC(=O)CCCN(c1cc(C)cc(C)c1)S(C)(=O)=O. The Morgan fingerprint density at radius 1 is 1.07 bits per heavy atom. The topological polar surface area (TPSA) is 75.7 Å². The van der Waals surface area contributed by atoms with Crippen molar-refractivity contribution < 1.29 is 17.9 Å². The van der Waals surface area contributed by atoms with Gasteiger partial charge in [-0.3, -0.25) is 9.10 Å². The van der Waals surface area contributed by atoms with Crippen molar-refractivity contribution in [2.45, 2.75) is 39.5 Å². The van der Waals surface area contributed by atoms with Gasteiger partial charge in [0.25, 0.3) is 0 Å². The highest BCUT2D eigenvalue weighted by Crippen LogP contribution is 2.22. The second-order valence-electron chi connectivity index (χ2n) is 7.55. The summed E-state index contributed by atoms with van der Waals surface area (Å²) < 4.78 is 31.2. The molecule has 1 amide bonds. The van der Waals surface area contributed by atoms with Crippen LogP contribution in [0.15, 0.2) is 42.5 Å². The number of carbonyl (C=O) groups excluding carboxylic acids is 1. The number of methoxy groups -OCH3 is 1. The number of benzene rings is 2. The Kier molecular flexibility index (Phi) is 8.72. The van der Waals surface area contributed by atoms with Gasteiger partial charge in [-0.05, 0) is 68.0 Å². The van der Waals surface area contributed by atoms with E-state index >= 15 is 0 Å². The zero-order chi connectivity index (χ0) is 22.1. The third-order valence-electron chi connectivity index (χ3n) is 4.80. The molecule has 164 valence electrons. The molecule has 2 rings (SSSR count). The smallest absolute Gasteiger partial charge is 0.232 e. The fraction of sp³-hybridized carbons (Fsp3) is 0.435. The molecule has 0 aliphatic carbocycles. The van der Waals surface area contributed by atoms with Gasteiger partial charge in [0.1, 0.15) is 5.75 Å². The normalized spacial score (nSPS) is 11.2. The maximum Gasteiger partial charge on any atom is 0.232 e. The lowest BCUT2D eigenvalue weighted by Gasteiger charge is -2.23. The average molecular weight is 433 g/mol. The largest absolute Gasteiger partial charge is 0.496 e. The summed E-state index contributed by atoms with van der Waals surface area (Å²) >= 11 is 0. The van der Waals surface area contributed by atoms with Crippen molar-refractivity contribution in [2.24, 2.45) is 0 Å². The summed E-state index contributed by atoms with van der Waals surface area (Å²) in [6.45, 7) is 4.73. The number of hydrogen-bond acceptors (Lipinski definition) is 4. The quantitative estimate of drug-likeness (QED) is 0.551.